The summed E-state index contributed by atoms with van der Waals surface area (Å²) in [6, 6.07) is 2.00. The summed E-state index contributed by atoms with van der Waals surface area (Å²) >= 11 is 0. The van der Waals surface area contributed by atoms with Crippen LogP contribution in [0.25, 0.3) is 0 Å². The maximum Gasteiger partial charge on any atom is 0.0947 e. The Labute approximate surface area is 103 Å². The van der Waals surface area contributed by atoms with Gasteiger partial charge in [0.15, 0.2) is 0 Å². The van der Waals surface area contributed by atoms with Crippen molar-refractivity contribution >= 4 is 0 Å². The molecule has 0 aromatic carbocycles. The van der Waals surface area contributed by atoms with Crippen LogP contribution in [0.15, 0.2) is 23.0 Å². The van der Waals surface area contributed by atoms with Gasteiger partial charge in [0.25, 0.3) is 0 Å². The molecule has 1 saturated heterocycles. The fourth-order valence-corrected chi connectivity index (χ4v) is 2.50. The van der Waals surface area contributed by atoms with Crippen molar-refractivity contribution in [1.82, 2.24) is 10.6 Å². The van der Waals surface area contributed by atoms with Gasteiger partial charge in [-0.15, -0.1) is 0 Å². The third-order valence-electron chi connectivity index (χ3n) is 3.52. The highest BCUT2D eigenvalue weighted by atomic mass is 16.5. The number of piperidine rings is 1. The summed E-state index contributed by atoms with van der Waals surface area (Å²) in [5.41, 5.74) is 1.50. The van der Waals surface area contributed by atoms with Crippen LogP contribution < -0.4 is 10.6 Å². The fourth-order valence-electron chi connectivity index (χ4n) is 2.50. The molecule has 1 fully saturated rings. The Morgan fingerprint density at radius 2 is 2.29 bits per heavy atom. The van der Waals surface area contributed by atoms with Gasteiger partial charge in [0.05, 0.1) is 19.1 Å². The molecule has 2 heterocycles. The van der Waals surface area contributed by atoms with E-state index in [1.807, 2.05) is 6.07 Å². The molecule has 17 heavy (non-hydrogen) atoms. The van der Waals surface area contributed by atoms with Gasteiger partial charge in [0, 0.05) is 31.2 Å². The number of ether oxygens (including phenoxy) is 1. The second kappa shape index (κ2) is 6.19. The van der Waals surface area contributed by atoms with Crippen molar-refractivity contribution in [1.29, 1.82) is 0 Å². The van der Waals surface area contributed by atoms with Crippen LogP contribution >= 0.6 is 0 Å². The van der Waals surface area contributed by atoms with Crippen LogP contribution in [0.4, 0.5) is 0 Å². The molecule has 0 saturated carbocycles. The van der Waals surface area contributed by atoms with E-state index in [-0.39, 0.29) is 0 Å². The van der Waals surface area contributed by atoms with Crippen LogP contribution in [-0.2, 0) is 11.3 Å². The highest BCUT2D eigenvalue weighted by molar-refractivity contribution is 5.04. The Balaban J connectivity index is 1.80. The highest BCUT2D eigenvalue weighted by Crippen LogP contribution is 2.28. The molecule has 0 amide bonds. The monoisotopic (exact) mass is 238 g/mol. The first-order valence-electron chi connectivity index (χ1n) is 6.26. The van der Waals surface area contributed by atoms with Crippen molar-refractivity contribution in [3.63, 3.8) is 0 Å². The molecule has 1 aromatic rings. The third-order valence-corrected chi connectivity index (χ3v) is 3.52. The molecule has 1 aromatic heterocycles. The number of rotatable bonds is 6. The van der Waals surface area contributed by atoms with Gasteiger partial charge in [0.2, 0.25) is 0 Å². The van der Waals surface area contributed by atoms with E-state index < -0.39 is 0 Å². The average Bonchev–Trinajstić information content (AvgIpc) is 2.84. The van der Waals surface area contributed by atoms with E-state index in [1.165, 1.54) is 18.4 Å². The maximum atomic E-state index is 5.39. The summed E-state index contributed by atoms with van der Waals surface area (Å²) < 4.78 is 10.4. The standard InChI is InChI=1S/C13H22N2O2/c1-16-11-13(3-5-14-6-4-13)10-15-8-12-2-7-17-9-12/h2,7,9,14-15H,3-6,8,10-11H2,1H3. The van der Waals surface area contributed by atoms with Gasteiger partial charge in [-0.05, 0) is 32.0 Å². The van der Waals surface area contributed by atoms with Crippen molar-refractivity contribution < 1.29 is 9.15 Å². The topological polar surface area (TPSA) is 46.4 Å². The van der Waals surface area contributed by atoms with Crippen molar-refractivity contribution in [2.24, 2.45) is 5.41 Å². The predicted molar refractivity (Wildman–Crippen MR) is 66.8 cm³/mol. The molecule has 0 atom stereocenters. The summed E-state index contributed by atoms with van der Waals surface area (Å²) in [5, 5.41) is 6.92. The summed E-state index contributed by atoms with van der Waals surface area (Å²) in [6.45, 7) is 4.91. The van der Waals surface area contributed by atoms with E-state index in [4.69, 9.17) is 9.15 Å². The second-order valence-electron chi connectivity index (χ2n) is 4.92. The third kappa shape index (κ3) is 3.56. The van der Waals surface area contributed by atoms with E-state index in [1.54, 1.807) is 19.6 Å². The molecule has 0 bridgehead atoms. The van der Waals surface area contributed by atoms with E-state index in [0.717, 1.165) is 32.8 Å². The number of hydrogen-bond donors (Lipinski definition) is 2. The molecule has 0 aliphatic carbocycles. The predicted octanol–water partition coefficient (Wildman–Crippen LogP) is 1.39. The van der Waals surface area contributed by atoms with Crippen molar-refractivity contribution in [3.8, 4) is 0 Å². The first-order valence-corrected chi connectivity index (χ1v) is 6.26. The lowest BCUT2D eigenvalue weighted by Crippen LogP contribution is -2.45. The molecule has 1 aliphatic rings. The Kier molecular flexibility index (Phi) is 4.59. The van der Waals surface area contributed by atoms with Crippen molar-refractivity contribution in [2.75, 3.05) is 33.4 Å². The van der Waals surface area contributed by atoms with Crippen LogP contribution in [0.1, 0.15) is 18.4 Å². The minimum absolute atomic E-state index is 0.295. The largest absolute Gasteiger partial charge is 0.472 e. The molecule has 0 spiro atoms. The number of methoxy groups -OCH3 is 1. The second-order valence-corrected chi connectivity index (χ2v) is 4.92. The van der Waals surface area contributed by atoms with Crippen LogP contribution in [-0.4, -0.2) is 33.4 Å². The van der Waals surface area contributed by atoms with Gasteiger partial charge < -0.3 is 19.8 Å². The smallest absolute Gasteiger partial charge is 0.0947 e. The molecule has 4 nitrogen and oxygen atoms in total. The molecule has 0 radical (unpaired) electrons. The van der Waals surface area contributed by atoms with Gasteiger partial charge >= 0.3 is 0 Å². The Hall–Kier alpha value is -0.840. The average molecular weight is 238 g/mol. The number of nitrogens with one attached hydrogen (secondary N) is 2. The van der Waals surface area contributed by atoms with Crippen LogP contribution in [0.2, 0.25) is 0 Å². The van der Waals surface area contributed by atoms with Gasteiger partial charge in [-0.1, -0.05) is 0 Å². The normalized spacial score (nSPS) is 19.4. The Morgan fingerprint density at radius 3 is 2.94 bits per heavy atom. The molecule has 2 rings (SSSR count). The Morgan fingerprint density at radius 1 is 1.47 bits per heavy atom. The molecule has 2 N–H and O–H groups in total. The van der Waals surface area contributed by atoms with E-state index in [0.29, 0.717) is 5.41 Å². The van der Waals surface area contributed by atoms with Gasteiger partial charge in [-0.2, -0.15) is 0 Å². The zero-order chi connectivity index (χ0) is 12.0. The highest BCUT2D eigenvalue weighted by Gasteiger charge is 2.31. The number of furan rings is 1. The number of hydrogen-bond acceptors (Lipinski definition) is 4. The van der Waals surface area contributed by atoms with E-state index in [2.05, 4.69) is 10.6 Å². The lowest BCUT2D eigenvalue weighted by Gasteiger charge is -2.37. The van der Waals surface area contributed by atoms with Gasteiger partial charge in [-0.25, -0.2) is 0 Å². The van der Waals surface area contributed by atoms with E-state index in [9.17, 15) is 0 Å². The molecule has 4 heteroatoms. The minimum Gasteiger partial charge on any atom is -0.472 e. The van der Waals surface area contributed by atoms with Crippen LogP contribution in [0.5, 0.6) is 0 Å². The first-order chi connectivity index (χ1) is 8.35. The van der Waals surface area contributed by atoms with Crippen molar-refractivity contribution in [2.45, 2.75) is 19.4 Å². The maximum absolute atomic E-state index is 5.39. The zero-order valence-electron chi connectivity index (χ0n) is 10.5. The van der Waals surface area contributed by atoms with Crippen LogP contribution in [0, 0.1) is 5.41 Å². The van der Waals surface area contributed by atoms with E-state index >= 15 is 0 Å². The molecular weight excluding hydrogens is 216 g/mol. The summed E-state index contributed by atoms with van der Waals surface area (Å²) in [5.74, 6) is 0. The van der Waals surface area contributed by atoms with Gasteiger partial charge in [0.1, 0.15) is 0 Å². The summed E-state index contributed by atoms with van der Waals surface area (Å²) in [4.78, 5) is 0. The molecule has 96 valence electrons. The first kappa shape index (κ1) is 12.6. The minimum atomic E-state index is 0.295. The Bertz CT molecular complexity index is 300. The lowest BCUT2D eigenvalue weighted by molar-refractivity contribution is 0.0534. The molecule has 1 aliphatic heterocycles. The van der Waals surface area contributed by atoms with Crippen molar-refractivity contribution in [3.05, 3.63) is 24.2 Å². The molecular formula is C13H22N2O2. The molecule has 0 unspecified atom stereocenters. The van der Waals surface area contributed by atoms with Crippen LogP contribution in [0.3, 0.4) is 0 Å². The lowest BCUT2D eigenvalue weighted by atomic mass is 9.79. The zero-order valence-corrected chi connectivity index (χ0v) is 10.5. The quantitative estimate of drug-likeness (QED) is 0.786. The fraction of sp³-hybridized carbons (Fsp3) is 0.692. The van der Waals surface area contributed by atoms with Gasteiger partial charge in [-0.3, -0.25) is 0 Å². The summed E-state index contributed by atoms with van der Waals surface area (Å²) in [7, 11) is 1.79. The summed E-state index contributed by atoms with van der Waals surface area (Å²) in [6.07, 6.45) is 5.86. The SMILES string of the molecule is COCC1(CNCc2ccoc2)CCNCC1.